The van der Waals surface area contributed by atoms with Crippen molar-refractivity contribution < 1.29 is 14.9 Å². The summed E-state index contributed by atoms with van der Waals surface area (Å²) in [5.74, 6) is 2.44. The number of hydrogen-bond donors (Lipinski definition) is 2. The van der Waals surface area contributed by atoms with Crippen LogP contribution in [0.2, 0.25) is 0 Å². The maximum Gasteiger partial charge on any atom is 0.0835 e. The molecular weight excluding hydrogens is 288 g/mol. The number of aliphatic hydroxyl groups excluding tert-OH is 2. The Morgan fingerprint density at radius 1 is 1.00 bits per heavy atom. The van der Waals surface area contributed by atoms with Gasteiger partial charge in [0, 0.05) is 7.11 Å². The molecule has 3 nitrogen and oxygen atoms in total. The lowest BCUT2D eigenvalue weighted by atomic mass is 9.44. The van der Waals surface area contributed by atoms with Crippen LogP contribution in [0.25, 0.3) is 0 Å². The van der Waals surface area contributed by atoms with Gasteiger partial charge in [-0.05, 0) is 79.4 Å². The second-order valence-corrected chi connectivity index (χ2v) is 9.68. The highest BCUT2D eigenvalue weighted by Crippen LogP contribution is 2.66. The van der Waals surface area contributed by atoms with Crippen molar-refractivity contribution in [1.82, 2.24) is 0 Å². The predicted octanol–water partition coefficient (Wildman–Crippen LogP) is 3.38. The maximum absolute atomic E-state index is 11.1. The molecule has 4 rings (SSSR count). The predicted molar refractivity (Wildman–Crippen MR) is 89.9 cm³/mol. The van der Waals surface area contributed by atoms with Gasteiger partial charge < -0.3 is 14.9 Å². The van der Waals surface area contributed by atoms with E-state index < -0.39 is 0 Å². The molecule has 132 valence electrons. The summed E-state index contributed by atoms with van der Waals surface area (Å²) in [5.41, 5.74) is 0.505. The molecule has 23 heavy (non-hydrogen) atoms. The molecule has 0 spiro atoms. The highest BCUT2D eigenvalue weighted by atomic mass is 16.5. The lowest BCUT2D eigenvalue weighted by Crippen LogP contribution is -2.60. The Bertz CT molecular complexity index is 466. The highest BCUT2D eigenvalue weighted by molar-refractivity contribution is 5.11. The molecule has 0 saturated heterocycles. The first kappa shape index (κ1) is 16.4. The summed E-state index contributed by atoms with van der Waals surface area (Å²) in [6.45, 7) is 4.83. The molecule has 0 heterocycles. The Kier molecular flexibility index (Phi) is 3.87. The molecule has 0 aliphatic heterocycles. The summed E-state index contributed by atoms with van der Waals surface area (Å²) in [5, 5.41) is 21.5. The van der Waals surface area contributed by atoms with Gasteiger partial charge in [-0.15, -0.1) is 0 Å². The van der Waals surface area contributed by atoms with Gasteiger partial charge in [-0.1, -0.05) is 20.3 Å². The molecule has 0 aromatic carbocycles. The minimum absolute atomic E-state index is 0.0564. The molecule has 4 aliphatic rings. The zero-order valence-electron chi connectivity index (χ0n) is 15.0. The fourth-order valence-corrected chi connectivity index (χ4v) is 7.63. The number of methoxy groups -OCH3 is 1. The van der Waals surface area contributed by atoms with Crippen molar-refractivity contribution in [1.29, 1.82) is 0 Å². The van der Waals surface area contributed by atoms with Gasteiger partial charge in [0.2, 0.25) is 0 Å². The van der Waals surface area contributed by atoms with Crippen molar-refractivity contribution in [2.75, 3.05) is 7.11 Å². The Morgan fingerprint density at radius 2 is 1.78 bits per heavy atom. The Balaban J connectivity index is 1.67. The molecule has 4 fully saturated rings. The van der Waals surface area contributed by atoms with Crippen LogP contribution in [0, 0.1) is 34.5 Å². The van der Waals surface area contributed by atoms with Crippen LogP contribution in [-0.2, 0) is 4.74 Å². The van der Waals surface area contributed by atoms with Gasteiger partial charge >= 0.3 is 0 Å². The molecule has 4 aliphatic carbocycles. The van der Waals surface area contributed by atoms with Crippen molar-refractivity contribution in [2.24, 2.45) is 34.5 Å². The Morgan fingerprint density at radius 3 is 2.52 bits per heavy atom. The quantitative estimate of drug-likeness (QED) is 0.778. The van der Waals surface area contributed by atoms with Gasteiger partial charge in [0.1, 0.15) is 0 Å². The van der Waals surface area contributed by atoms with Crippen molar-refractivity contribution in [2.45, 2.75) is 83.5 Å². The Labute approximate surface area is 140 Å². The first-order chi connectivity index (χ1) is 10.9. The lowest BCUT2D eigenvalue weighted by molar-refractivity contribution is -0.196. The summed E-state index contributed by atoms with van der Waals surface area (Å²) >= 11 is 0. The zero-order valence-corrected chi connectivity index (χ0v) is 15.0. The van der Waals surface area contributed by atoms with Crippen LogP contribution in [0.3, 0.4) is 0 Å². The summed E-state index contributed by atoms with van der Waals surface area (Å²) in [6, 6.07) is 0. The smallest absolute Gasteiger partial charge is 0.0835 e. The van der Waals surface area contributed by atoms with E-state index in [2.05, 4.69) is 13.8 Å². The van der Waals surface area contributed by atoms with Gasteiger partial charge in [-0.25, -0.2) is 0 Å². The minimum Gasteiger partial charge on any atom is -0.393 e. The van der Waals surface area contributed by atoms with E-state index in [9.17, 15) is 10.2 Å². The first-order valence-corrected chi connectivity index (χ1v) is 9.78. The van der Waals surface area contributed by atoms with Crippen LogP contribution in [0.4, 0.5) is 0 Å². The number of rotatable bonds is 1. The largest absolute Gasteiger partial charge is 0.393 e. The van der Waals surface area contributed by atoms with Crippen LogP contribution in [-0.4, -0.2) is 35.6 Å². The van der Waals surface area contributed by atoms with E-state index in [1.54, 1.807) is 7.11 Å². The van der Waals surface area contributed by atoms with Crippen LogP contribution in [0.1, 0.15) is 65.2 Å². The van der Waals surface area contributed by atoms with Gasteiger partial charge in [-0.3, -0.25) is 0 Å². The number of ether oxygens (including phenoxy) is 1. The van der Waals surface area contributed by atoms with E-state index in [4.69, 9.17) is 4.74 Å². The monoisotopic (exact) mass is 322 g/mol. The molecule has 2 N–H and O–H groups in total. The third-order valence-corrected chi connectivity index (χ3v) is 8.67. The van der Waals surface area contributed by atoms with Gasteiger partial charge in [0.25, 0.3) is 0 Å². The fourth-order valence-electron chi connectivity index (χ4n) is 7.63. The molecule has 3 heteroatoms. The fraction of sp³-hybridized carbons (Fsp3) is 1.00. The molecule has 0 aromatic heterocycles. The summed E-state index contributed by atoms with van der Waals surface area (Å²) in [6.07, 6.45) is 8.70. The second kappa shape index (κ2) is 5.44. The molecule has 4 saturated carbocycles. The second-order valence-electron chi connectivity index (χ2n) is 9.68. The third-order valence-electron chi connectivity index (χ3n) is 8.67. The lowest BCUT2D eigenvalue weighted by Gasteiger charge is -2.62. The average molecular weight is 322 g/mol. The van der Waals surface area contributed by atoms with Crippen molar-refractivity contribution >= 4 is 0 Å². The summed E-state index contributed by atoms with van der Waals surface area (Å²) < 4.78 is 5.61. The minimum atomic E-state index is -0.327. The molecular formula is C20H34O3. The normalized spacial score (nSPS) is 59.1. The van der Waals surface area contributed by atoms with Crippen LogP contribution in [0.5, 0.6) is 0 Å². The van der Waals surface area contributed by atoms with E-state index in [-0.39, 0.29) is 23.7 Å². The van der Waals surface area contributed by atoms with Gasteiger partial charge in [0.05, 0.1) is 18.3 Å². The van der Waals surface area contributed by atoms with E-state index in [1.807, 2.05) is 0 Å². The third kappa shape index (κ3) is 2.26. The van der Waals surface area contributed by atoms with Gasteiger partial charge in [0.15, 0.2) is 0 Å². The van der Waals surface area contributed by atoms with E-state index in [0.717, 1.165) is 25.2 Å². The van der Waals surface area contributed by atoms with Gasteiger partial charge in [-0.2, -0.15) is 0 Å². The van der Waals surface area contributed by atoms with Crippen LogP contribution >= 0.6 is 0 Å². The standard InChI is InChI=1S/C20H34O3/c1-19-8-4-5-14(19)13-7-6-12-9-15(21)17(23-3)11-20(12,2)18(13)16(22)10-19/h12-18,21-22H,4-11H2,1-3H3. The van der Waals surface area contributed by atoms with Crippen LogP contribution in [0.15, 0.2) is 0 Å². The van der Waals surface area contributed by atoms with Crippen molar-refractivity contribution in [3.8, 4) is 0 Å². The number of hydrogen-bond acceptors (Lipinski definition) is 3. The van der Waals surface area contributed by atoms with Crippen molar-refractivity contribution in [3.63, 3.8) is 0 Å². The molecule has 0 bridgehead atoms. The van der Waals surface area contributed by atoms with Crippen molar-refractivity contribution in [3.05, 3.63) is 0 Å². The SMILES string of the molecule is COC1CC2(C)C(CCC3C4CCCC4(C)CC(O)C32)CC1O. The summed E-state index contributed by atoms with van der Waals surface area (Å²) in [7, 11) is 1.73. The van der Waals surface area contributed by atoms with E-state index >= 15 is 0 Å². The molecule has 9 unspecified atom stereocenters. The topological polar surface area (TPSA) is 49.7 Å². The average Bonchev–Trinajstić information content (AvgIpc) is 2.88. The maximum atomic E-state index is 11.1. The van der Waals surface area contributed by atoms with E-state index in [1.165, 1.54) is 32.1 Å². The van der Waals surface area contributed by atoms with E-state index in [0.29, 0.717) is 23.2 Å². The first-order valence-electron chi connectivity index (χ1n) is 9.78. The molecule has 0 amide bonds. The molecule has 0 radical (unpaired) electrons. The highest BCUT2D eigenvalue weighted by Gasteiger charge is 2.61. The number of fused-ring (bicyclic) bond motifs is 5. The zero-order chi connectivity index (χ0) is 16.4. The number of aliphatic hydroxyl groups is 2. The van der Waals surface area contributed by atoms with Crippen LogP contribution < -0.4 is 0 Å². The molecule has 9 atom stereocenters. The Hall–Kier alpha value is -0.120. The molecule has 0 aromatic rings. The summed E-state index contributed by atoms with van der Waals surface area (Å²) in [4.78, 5) is 0.